The molecular weight excluding hydrogens is 290 g/mol. The molecule has 3 rings (SSSR count). The molecule has 1 aliphatic rings. The van der Waals surface area contributed by atoms with Crippen LogP contribution in [0.15, 0.2) is 30.6 Å². The van der Waals surface area contributed by atoms with Crippen LogP contribution in [0.2, 0.25) is 0 Å². The summed E-state index contributed by atoms with van der Waals surface area (Å²) in [5, 5.41) is 0. The zero-order valence-corrected chi connectivity index (χ0v) is 13.5. The highest BCUT2D eigenvalue weighted by atomic mass is 16.2. The van der Waals surface area contributed by atoms with Crippen molar-refractivity contribution in [2.45, 2.75) is 6.92 Å². The Bertz CT molecular complexity index is 723. The van der Waals surface area contributed by atoms with E-state index in [1.54, 1.807) is 18.5 Å². The van der Waals surface area contributed by atoms with Gasteiger partial charge in [-0.15, -0.1) is 0 Å². The summed E-state index contributed by atoms with van der Waals surface area (Å²) >= 11 is 0. The van der Waals surface area contributed by atoms with E-state index in [2.05, 4.69) is 21.9 Å². The van der Waals surface area contributed by atoms with E-state index in [9.17, 15) is 4.79 Å². The smallest absolute Gasteiger partial charge is 0.272 e. The summed E-state index contributed by atoms with van der Waals surface area (Å²) in [5.74, 6) is -0.00421. The van der Waals surface area contributed by atoms with Crippen molar-refractivity contribution in [3.05, 3.63) is 42.0 Å². The standard InChI is InChI=1S/C17H21N5O/c1-12-13(14-5-6-19-11-15(14)18)3-4-16(20-12)17(23)22-9-7-21(2)8-10-22/h3-6,11H,7-10,18H2,1-2H3. The molecule has 0 bridgehead atoms. The quantitative estimate of drug-likeness (QED) is 0.908. The van der Waals surface area contributed by atoms with Crippen LogP contribution < -0.4 is 5.73 Å². The summed E-state index contributed by atoms with van der Waals surface area (Å²) in [6.45, 7) is 5.19. The minimum Gasteiger partial charge on any atom is -0.397 e. The Morgan fingerprint density at radius 3 is 2.52 bits per heavy atom. The normalized spacial score (nSPS) is 15.7. The number of amides is 1. The molecule has 0 aromatic carbocycles. The van der Waals surface area contributed by atoms with Crippen molar-refractivity contribution in [2.24, 2.45) is 0 Å². The van der Waals surface area contributed by atoms with Gasteiger partial charge in [-0.3, -0.25) is 9.78 Å². The molecule has 0 spiro atoms. The van der Waals surface area contributed by atoms with Crippen LogP contribution in [0.5, 0.6) is 0 Å². The first kappa shape index (κ1) is 15.4. The summed E-state index contributed by atoms with van der Waals surface area (Å²) < 4.78 is 0. The number of piperazine rings is 1. The zero-order chi connectivity index (χ0) is 16.4. The number of nitrogen functional groups attached to an aromatic ring is 1. The number of nitrogens with two attached hydrogens (primary N) is 1. The van der Waals surface area contributed by atoms with Crippen LogP contribution in [0.3, 0.4) is 0 Å². The van der Waals surface area contributed by atoms with Gasteiger partial charge in [0.1, 0.15) is 5.69 Å². The molecule has 23 heavy (non-hydrogen) atoms. The van der Waals surface area contributed by atoms with Crippen LogP contribution in [0.4, 0.5) is 5.69 Å². The maximum Gasteiger partial charge on any atom is 0.272 e. The van der Waals surface area contributed by atoms with Crippen molar-refractivity contribution < 1.29 is 4.79 Å². The average Bonchev–Trinajstić information content (AvgIpc) is 2.56. The molecule has 6 heteroatoms. The third-order valence-electron chi connectivity index (χ3n) is 4.24. The minimum atomic E-state index is -0.00421. The van der Waals surface area contributed by atoms with E-state index in [0.717, 1.165) is 43.0 Å². The van der Waals surface area contributed by atoms with Crippen LogP contribution in [-0.4, -0.2) is 58.9 Å². The van der Waals surface area contributed by atoms with Crippen LogP contribution in [-0.2, 0) is 0 Å². The van der Waals surface area contributed by atoms with E-state index < -0.39 is 0 Å². The highest BCUT2D eigenvalue weighted by Gasteiger charge is 2.22. The van der Waals surface area contributed by atoms with Crippen molar-refractivity contribution in [3.8, 4) is 11.1 Å². The van der Waals surface area contributed by atoms with Crippen LogP contribution >= 0.6 is 0 Å². The van der Waals surface area contributed by atoms with Crippen LogP contribution in [0.1, 0.15) is 16.2 Å². The Kier molecular flexibility index (Phi) is 4.25. The second kappa shape index (κ2) is 6.34. The van der Waals surface area contributed by atoms with Crippen molar-refractivity contribution in [3.63, 3.8) is 0 Å². The summed E-state index contributed by atoms with van der Waals surface area (Å²) in [6, 6.07) is 5.56. The van der Waals surface area contributed by atoms with Crippen LogP contribution in [0.25, 0.3) is 11.1 Å². The molecule has 0 radical (unpaired) electrons. The summed E-state index contributed by atoms with van der Waals surface area (Å²) in [6.07, 6.45) is 3.33. The van der Waals surface area contributed by atoms with Gasteiger partial charge >= 0.3 is 0 Å². The fourth-order valence-electron chi connectivity index (χ4n) is 2.79. The monoisotopic (exact) mass is 311 g/mol. The van der Waals surface area contributed by atoms with Crippen molar-refractivity contribution in [1.29, 1.82) is 0 Å². The van der Waals surface area contributed by atoms with Gasteiger partial charge in [0.2, 0.25) is 0 Å². The minimum absolute atomic E-state index is 0.00421. The van der Waals surface area contributed by atoms with E-state index in [1.807, 2.05) is 24.0 Å². The maximum atomic E-state index is 12.6. The molecule has 120 valence electrons. The van der Waals surface area contributed by atoms with Crippen molar-refractivity contribution in [1.82, 2.24) is 19.8 Å². The maximum absolute atomic E-state index is 12.6. The van der Waals surface area contributed by atoms with Gasteiger partial charge in [0.15, 0.2) is 0 Å². The largest absolute Gasteiger partial charge is 0.397 e. The lowest BCUT2D eigenvalue weighted by molar-refractivity contribution is 0.0658. The third-order valence-corrected chi connectivity index (χ3v) is 4.24. The number of likely N-dealkylation sites (N-methyl/N-ethyl adjacent to an activating group) is 1. The van der Waals surface area contributed by atoms with Crippen LogP contribution in [0, 0.1) is 6.92 Å². The number of rotatable bonds is 2. The second-order valence-electron chi connectivity index (χ2n) is 5.89. The van der Waals surface area contributed by atoms with E-state index in [0.29, 0.717) is 11.4 Å². The Balaban J connectivity index is 1.85. The summed E-state index contributed by atoms with van der Waals surface area (Å²) in [7, 11) is 2.07. The number of aryl methyl sites for hydroxylation is 1. The number of hydrogen-bond acceptors (Lipinski definition) is 5. The summed E-state index contributed by atoms with van der Waals surface area (Å²) in [5.41, 5.74) is 9.69. The highest BCUT2D eigenvalue weighted by molar-refractivity contribution is 5.93. The number of anilines is 1. The van der Waals surface area contributed by atoms with Gasteiger partial charge in [-0.1, -0.05) is 6.07 Å². The molecule has 1 aliphatic heterocycles. The van der Waals surface area contributed by atoms with Crippen molar-refractivity contribution >= 4 is 11.6 Å². The van der Waals surface area contributed by atoms with E-state index in [1.165, 1.54) is 0 Å². The van der Waals surface area contributed by atoms with Gasteiger partial charge in [0.25, 0.3) is 5.91 Å². The first-order valence-electron chi connectivity index (χ1n) is 7.71. The topological polar surface area (TPSA) is 75.4 Å². The molecule has 1 amide bonds. The Hall–Kier alpha value is -2.47. The molecule has 1 saturated heterocycles. The van der Waals surface area contributed by atoms with Gasteiger partial charge in [-0.25, -0.2) is 4.98 Å². The molecule has 0 unspecified atom stereocenters. The number of hydrogen-bond donors (Lipinski definition) is 1. The molecule has 1 fully saturated rings. The Labute approximate surface area is 135 Å². The molecule has 2 N–H and O–H groups in total. The Morgan fingerprint density at radius 2 is 1.87 bits per heavy atom. The first-order chi connectivity index (χ1) is 11.1. The number of pyridine rings is 2. The van der Waals surface area contributed by atoms with Gasteiger partial charge in [-0.05, 0) is 26.1 Å². The summed E-state index contributed by atoms with van der Waals surface area (Å²) in [4.78, 5) is 25.2. The molecule has 3 heterocycles. The molecular formula is C17H21N5O. The SMILES string of the molecule is Cc1nc(C(=O)N2CCN(C)CC2)ccc1-c1ccncc1N. The molecule has 2 aromatic heterocycles. The van der Waals surface area contributed by atoms with Gasteiger partial charge in [0.05, 0.1) is 11.9 Å². The molecule has 2 aromatic rings. The van der Waals surface area contributed by atoms with E-state index in [4.69, 9.17) is 5.73 Å². The lowest BCUT2D eigenvalue weighted by Gasteiger charge is -2.32. The third kappa shape index (κ3) is 3.17. The van der Waals surface area contributed by atoms with E-state index in [-0.39, 0.29) is 5.91 Å². The number of carbonyl (C=O) groups is 1. The van der Waals surface area contributed by atoms with Gasteiger partial charge in [0, 0.05) is 49.2 Å². The zero-order valence-electron chi connectivity index (χ0n) is 13.5. The number of nitrogens with zero attached hydrogens (tertiary/aromatic N) is 4. The molecule has 6 nitrogen and oxygen atoms in total. The fourth-order valence-corrected chi connectivity index (χ4v) is 2.79. The second-order valence-corrected chi connectivity index (χ2v) is 5.89. The van der Waals surface area contributed by atoms with Gasteiger partial charge in [-0.2, -0.15) is 0 Å². The lowest BCUT2D eigenvalue weighted by atomic mass is 10.0. The number of aromatic nitrogens is 2. The first-order valence-corrected chi connectivity index (χ1v) is 7.71. The van der Waals surface area contributed by atoms with E-state index >= 15 is 0 Å². The molecule has 0 atom stereocenters. The van der Waals surface area contributed by atoms with Crippen molar-refractivity contribution in [2.75, 3.05) is 39.0 Å². The van der Waals surface area contributed by atoms with Gasteiger partial charge < -0.3 is 15.5 Å². The molecule has 0 saturated carbocycles. The number of carbonyl (C=O) groups excluding carboxylic acids is 1. The average molecular weight is 311 g/mol. The molecule has 0 aliphatic carbocycles. The highest BCUT2D eigenvalue weighted by Crippen LogP contribution is 2.27. The predicted octanol–water partition coefficient (Wildman–Crippen LogP) is 1.42. The fraction of sp³-hybridized carbons (Fsp3) is 0.353. The Morgan fingerprint density at radius 1 is 1.13 bits per heavy atom. The lowest BCUT2D eigenvalue weighted by Crippen LogP contribution is -2.47. The predicted molar refractivity (Wildman–Crippen MR) is 90.0 cm³/mol.